The van der Waals surface area contributed by atoms with Crippen molar-refractivity contribution < 1.29 is 9.21 Å². The Bertz CT molecular complexity index is 1230. The van der Waals surface area contributed by atoms with Gasteiger partial charge in [-0.2, -0.15) is 0 Å². The maximum absolute atomic E-state index is 13.1. The number of furan rings is 1. The third-order valence-corrected chi connectivity index (χ3v) is 6.40. The topological polar surface area (TPSA) is 77.1 Å². The molecule has 29 heavy (non-hydrogen) atoms. The molecule has 0 unspecified atom stereocenters. The minimum atomic E-state index is -0.155. The predicted molar refractivity (Wildman–Crippen MR) is 116 cm³/mol. The second-order valence-electron chi connectivity index (χ2n) is 6.58. The number of thioether (sulfide) groups is 1. The third kappa shape index (κ3) is 4.13. The summed E-state index contributed by atoms with van der Waals surface area (Å²) in [5.74, 6) is 0.680. The highest BCUT2D eigenvalue weighted by atomic mass is 32.2. The second-order valence-corrected chi connectivity index (χ2v) is 8.44. The molecule has 4 rings (SSSR count). The van der Waals surface area contributed by atoms with Crippen molar-refractivity contribution in [3.8, 4) is 5.69 Å². The molecular weight excluding hydrogens is 406 g/mol. The van der Waals surface area contributed by atoms with Crippen LogP contribution in [0, 0.1) is 13.8 Å². The zero-order valence-electron chi connectivity index (χ0n) is 16.0. The normalized spacial score (nSPS) is 11.1. The molecular formula is C21H19N3O3S2. The van der Waals surface area contributed by atoms with Gasteiger partial charge in [-0.3, -0.25) is 14.2 Å². The van der Waals surface area contributed by atoms with E-state index in [2.05, 4.69) is 10.3 Å². The van der Waals surface area contributed by atoms with Crippen LogP contribution in [-0.2, 0) is 11.3 Å². The molecule has 1 N–H and O–H groups in total. The van der Waals surface area contributed by atoms with Crippen molar-refractivity contribution in [3.05, 3.63) is 75.3 Å². The van der Waals surface area contributed by atoms with Gasteiger partial charge in [0.05, 0.1) is 29.8 Å². The fourth-order valence-corrected chi connectivity index (χ4v) is 4.46. The van der Waals surface area contributed by atoms with E-state index in [1.807, 2.05) is 43.5 Å². The van der Waals surface area contributed by atoms with Crippen LogP contribution >= 0.6 is 23.1 Å². The number of carbonyl (C=O) groups excluding carboxylic acids is 1. The van der Waals surface area contributed by atoms with Crippen LogP contribution in [0.4, 0.5) is 0 Å². The molecule has 0 aliphatic rings. The van der Waals surface area contributed by atoms with Crippen molar-refractivity contribution in [2.75, 3.05) is 5.75 Å². The Morgan fingerprint density at radius 2 is 2.10 bits per heavy atom. The molecule has 3 heterocycles. The van der Waals surface area contributed by atoms with Gasteiger partial charge in [0.2, 0.25) is 5.91 Å². The number of aryl methyl sites for hydroxylation is 2. The van der Waals surface area contributed by atoms with Gasteiger partial charge < -0.3 is 9.73 Å². The summed E-state index contributed by atoms with van der Waals surface area (Å²) >= 11 is 2.62. The molecule has 4 aromatic rings. The largest absolute Gasteiger partial charge is 0.467 e. The van der Waals surface area contributed by atoms with Gasteiger partial charge in [0.25, 0.3) is 5.56 Å². The lowest BCUT2D eigenvalue weighted by molar-refractivity contribution is -0.118. The molecule has 0 aliphatic carbocycles. The number of fused-ring (bicyclic) bond motifs is 1. The van der Waals surface area contributed by atoms with Crippen LogP contribution in [0.25, 0.3) is 15.9 Å². The van der Waals surface area contributed by atoms with Crippen LogP contribution in [-0.4, -0.2) is 21.2 Å². The molecule has 148 valence electrons. The third-order valence-electron chi connectivity index (χ3n) is 4.57. The van der Waals surface area contributed by atoms with E-state index in [9.17, 15) is 9.59 Å². The van der Waals surface area contributed by atoms with Crippen molar-refractivity contribution in [1.29, 1.82) is 0 Å². The van der Waals surface area contributed by atoms with Crippen LogP contribution in [0.1, 0.15) is 16.9 Å². The average molecular weight is 426 g/mol. The monoisotopic (exact) mass is 425 g/mol. The van der Waals surface area contributed by atoms with Crippen molar-refractivity contribution >= 4 is 39.2 Å². The molecule has 0 radical (unpaired) electrons. The molecule has 0 atom stereocenters. The fraction of sp³-hybridized carbons (Fsp3) is 0.190. The van der Waals surface area contributed by atoms with Gasteiger partial charge >= 0.3 is 0 Å². The van der Waals surface area contributed by atoms with Gasteiger partial charge in [0, 0.05) is 0 Å². The number of amides is 1. The molecule has 0 saturated carbocycles. The van der Waals surface area contributed by atoms with Crippen LogP contribution < -0.4 is 10.9 Å². The molecule has 3 aromatic heterocycles. The first-order valence-electron chi connectivity index (χ1n) is 9.02. The number of nitrogens with zero attached hydrogens (tertiary/aromatic N) is 2. The Morgan fingerprint density at radius 3 is 2.86 bits per heavy atom. The van der Waals surface area contributed by atoms with Gasteiger partial charge in [0.15, 0.2) is 5.16 Å². The van der Waals surface area contributed by atoms with Crippen molar-refractivity contribution in [2.45, 2.75) is 25.5 Å². The molecule has 0 fully saturated rings. The highest BCUT2D eigenvalue weighted by Gasteiger charge is 2.16. The SMILES string of the molecule is Cc1ccc(-n2c(SCC(=O)NCc3ccco3)nc3ccsc3c2=O)cc1C. The zero-order chi connectivity index (χ0) is 20.4. The lowest BCUT2D eigenvalue weighted by Crippen LogP contribution is -2.26. The minimum absolute atomic E-state index is 0.119. The molecule has 6 nitrogen and oxygen atoms in total. The van der Waals surface area contributed by atoms with Crippen LogP contribution in [0.3, 0.4) is 0 Å². The summed E-state index contributed by atoms with van der Waals surface area (Å²) in [6.45, 7) is 4.37. The number of rotatable bonds is 6. The van der Waals surface area contributed by atoms with E-state index in [0.717, 1.165) is 16.8 Å². The van der Waals surface area contributed by atoms with E-state index < -0.39 is 0 Å². The van der Waals surface area contributed by atoms with Gasteiger partial charge in [-0.05, 0) is 60.7 Å². The zero-order valence-corrected chi connectivity index (χ0v) is 17.6. The quantitative estimate of drug-likeness (QED) is 0.372. The van der Waals surface area contributed by atoms with E-state index >= 15 is 0 Å². The second kappa shape index (κ2) is 8.26. The Balaban J connectivity index is 1.63. The van der Waals surface area contributed by atoms with Gasteiger partial charge in [0.1, 0.15) is 10.5 Å². The number of carbonyl (C=O) groups is 1. The van der Waals surface area contributed by atoms with Crippen molar-refractivity contribution in [3.63, 3.8) is 0 Å². The van der Waals surface area contributed by atoms with E-state index in [1.54, 1.807) is 23.0 Å². The maximum atomic E-state index is 13.1. The standard InChI is InChI=1S/C21H19N3O3S2/c1-13-5-6-15(10-14(13)2)24-20(26)19-17(7-9-28-19)23-21(24)29-12-18(25)22-11-16-4-3-8-27-16/h3-10H,11-12H2,1-2H3,(H,22,25). The molecule has 0 saturated heterocycles. The predicted octanol–water partition coefficient (Wildman–Crippen LogP) is 4.07. The van der Waals surface area contributed by atoms with Crippen molar-refractivity contribution in [1.82, 2.24) is 14.9 Å². The molecule has 0 bridgehead atoms. The number of nitrogens with one attached hydrogen (secondary N) is 1. The lowest BCUT2D eigenvalue weighted by Gasteiger charge is -2.13. The fourth-order valence-electron chi connectivity index (χ4n) is 2.86. The minimum Gasteiger partial charge on any atom is -0.467 e. The number of hydrogen-bond acceptors (Lipinski definition) is 6. The van der Waals surface area contributed by atoms with Crippen molar-refractivity contribution in [2.24, 2.45) is 0 Å². The highest BCUT2D eigenvalue weighted by Crippen LogP contribution is 2.24. The van der Waals surface area contributed by atoms with Gasteiger partial charge in [-0.25, -0.2) is 4.98 Å². The van der Waals surface area contributed by atoms with Gasteiger partial charge in [-0.15, -0.1) is 11.3 Å². The summed E-state index contributed by atoms with van der Waals surface area (Å²) in [5, 5.41) is 5.16. The Morgan fingerprint density at radius 1 is 1.24 bits per heavy atom. The lowest BCUT2D eigenvalue weighted by atomic mass is 10.1. The highest BCUT2D eigenvalue weighted by molar-refractivity contribution is 7.99. The molecule has 8 heteroatoms. The van der Waals surface area contributed by atoms with Crippen LogP contribution in [0.5, 0.6) is 0 Å². The first-order chi connectivity index (χ1) is 14.0. The molecule has 1 amide bonds. The van der Waals surface area contributed by atoms with E-state index in [0.29, 0.717) is 27.7 Å². The summed E-state index contributed by atoms with van der Waals surface area (Å²) in [6.07, 6.45) is 1.57. The number of aromatic nitrogens is 2. The Labute approximate surface area is 175 Å². The van der Waals surface area contributed by atoms with E-state index in [4.69, 9.17) is 4.42 Å². The average Bonchev–Trinajstić information content (AvgIpc) is 3.39. The van der Waals surface area contributed by atoms with Crippen LogP contribution in [0.2, 0.25) is 0 Å². The molecule has 0 spiro atoms. The van der Waals surface area contributed by atoms with E-state index in [1.165, 1.54) is 23.1 Å². The Kier molecular flexibility index (Phi) is 5.55. The molecule has 1 aromatic carbocycles. The van der Waals surface area contributed by atoms with Gasteiger partial charge in [-0.1, -0.05) is 17.8 Å². The maximum Gasteiger partial charge on any atom is 0.276 e. The first kappa shape index (κ1) is 19.5. The first-order valence-corrected chi connectivity index (χ1v) is 10.9. The Hall–Kier alpha value is -2.84. The summed E-state index contributed by atoms with van der Waals surface area (Å²) in [7, 11) is 0. The number of hydrogen-bond donors (Lipinski definition) is 1. The number of benzene rings is 1. The summed E-state index contributed by atoms with van der Waals surface area (Å²) in [4.78, 5) is 30.1. The molecule has 0 aliphatic heterocycles. The van der Waals surface area contributed by atoms with E-state index in [-0.39, 0.29) is 17.2 Å². The number of thiophene rings is 1. The summed E-state index contributed by atoms with van der Waals surface area (Å²) in [6, 6.07) is 11.3. The smallest absolute Gasteiger partial charge is 0.276 e. The summed E-state index contributed by atoms with van der Waals surface area (Å²) < 4.78 is 7.42. The van der Waals surface area contributed by atoms with Crippen LogP contribution in [0.15, 0.2) is 62.4 Å². The summed E-state index contributed by atoms with van der Waals surface area (Å²) in [5.41, 5.74) is 3.52.